The van der Waals surface area contributed by atoms with E-state index in [-0.39, 0.29) is 5.91 Å². The lowest BCUT2D eigenvalue weighted by Crippen LogP contribution is -2.23. The Balaban J connectivity index is 1.84. The second-order valence-electron chi connectivity index (χ2n) is 4.00. The summed E-state index contributed by atoms with van der Waals surface area (Å²) < 4.78 is 1.19. The number of nitrogens with zero attached hydrogens (tertiary/aromatic N) is 1. The van der Waals surface area contributed by atoms with Gasteiger partial charge >= 0.3 is 0 Å². The van der Waals surface area contributed by atoms with Crippen LogP contribution in [0.5, 0.6) is 0 Å². The third-order valence-corrected chi connectivity index (χ3v) is 3.62. The molecule has 2 rings (SSSR count). The van der Waals surface area contributed by atoms with Crippen molar-refractivity contribution in [3.05, 3.63) is 53.6 Å². The largest absolute Gasteiger partial charge is 0.352 e. The molecular weight excluding hydrogens is 256 g/mol. The van der Waals surface area contributed by atoms with Gasteiger partial charge in [0.1, 0.15) is 0 Å². The molecule has 4 heteroatoms. The van der Waals surface area contributed by atoms with Gasteiger partial charge < -0.3 is 5.32 Å². The fraction of sp³-hybridized carbons (Fsp3) is 0.200. The van der Waals surface area contributed by atoms with Gasteiger partial charge in [-0.05, 0) is 19.1 Å². The Morgan fingerprint density at radius 3 is 3.00 bits per heavy atom. The van der Waals surface area contributed by atoms with Crippen LogP contribution >= 0.6 is 11.3 Å². The van der Waals surface area contributed by atoms with Crippen molar-refractivity contribution in [1.82, 2.24) is 10.3 Å². The number of carbonyl (C=O) groups is 1. The quantitative estimate of drug-likeness (QED) is 0.671. The number of amides is 1. The highest BCUT2D eigenvalue weighted by molar-refractivity contribution is 7.18. The summed E-state index contributed by atoms with van der Waals surface area (Å²) in [6, 6.07) is 8.07. The van der Waals surface area contributed by atoms with Gasteiger partial charge in [-0.3, -0.25) is 4.79 Å². The van der Waals surface area contributed by atoms with Crippen LogP contribution in [0.1, 0.15) is 11.9 Å². The molecule has 1 heterocycles. The Hall–Kier alpha value is -1.94. The zero-order chi connectivity index (χ0) is 13.5. The van der Waals surface area contributed by atoms with Crippen LogP contribution in [0.2, 0.25) is 0 Å². The molecule has 0 aliphatic carbocycles. The molecule has 0 radical (unpaired) electrons. The zero-order valence-electron chi connectivity index (χ0n) is 10.8. The first-order valence-electron chi connectivity index (χ1n) is 6.21. The lowest BCUT2D eigenvalue weighted by atomic mass is 10.3. The predicted octanol–water partition coefficient (Wildman–Crippen LogP) is 3.09. The first-order valence-corrected chi connectivity index (χ1v) is 7.03. The lowest BCUT2D eigenvalue weighted by Gasteiger charge is -1.98. The average molecular weight is 272 g/mol. The Bertz CT molecular complexity index is 580. The average Bonchev–Trinajstić information content (AvgIpc) is 2.81. The van der Waals surface area contributed by atoms with Crippen molar-refractivity contribution >= 4 is 27.5 Å². The molecule has 0 spiro atoms. The number of benzene rings is 1. The highest BCUT2D eigenvalue weighted by atomic mass is 32.1. The Morgan fingerprint density at radius 2 is 2.21 bits per heavy atom. The monoisotopic (exact) mass is 272 g/mol. The zero-order valence-corrected chi connectivity index (χ0v) is 11.6. The van der Waals surface area contributed by atoms with Gasteiger partial charge in [0.15, 0.2) is 0 Å². The van der Waals surface area contributed by atoms with Crippen LogP contribution in [0.3, 0.4) is 0 Å². The molecule has 0 unspecified atom stereocenters. The molecule has 1 aromatic heterocycles. The Kier molecular flexibility index (Phi) is 4.86. The smallest absolute Gasteiger partial charge is 0.243 e. The first-order chi connectivity index (χ1) is 9.29. The van der Waals surface area contributed by atoms with Crippen molar-refractivity contribution in [3.63, 3.8) is 0 Å². The Morgan fingerprint density at radius 1 is 1.37 bits per heavy atom. The van der Waals surface area contributed by atoms with Gasteiger partial charge in [0, 0.05) is 19.0 Å². The van der Waals surface area contributed by atoms with Crippen molar-refractivity contribution in [2.24, 2.45) is 0 Å². The molecule has 0 aliphatic rings. The summed E-state index contributed by atoms with van der Waals surface area (Å²) in [5.41, 5.74) is 1.03. The van der Waals surface area contributed by atoms with E-state index in [0.717, 1.165) is 16.9 Å². The Labute approximate surface area is 116 Å². The van der Waals surface area contributed by atoms with E-state index >= 15 is 0 Å². The van der Waals surface area contributed by atoms with E-state index in [2.05, 4.69) is 16.4 Å². The van der Waals surface area contributed by atoms with Crippen LogP contribution in [0.15, 0.2) is 48.6 Å². The van der Waals surface area contributed by atoms with Gasteiger partial charge in [0.2, 0.25) is 5.91 Å². The number of nitrogens with one attached hydrogen (secondary N) is 1. The number of rotatable bonds is 5. The molecule has 2 aromatic rings. The third kappa shape index (κ3) is 4.03. The van der Waals surface area contributed by atoms with E-state index in [9.17, 15) is 4.79 Å². The van der Waals surface area contributed by atoms with E-state index < -0.39 is 0 Å². The van der Waals surface area contributed by atoms with Crippen LogP contribution in [0, 0.1) is 0 Å². The van der Waals surface area contributed by atoms with E-state index in [1.54, 1.807) is 17.4 Å². The van der Waals surface area contributed by atoms with Crippen molar-refractivity contribution in [2.75, 3.05) is 6.54 Å². The number of fused-ring (bicyclic) bond motifs is 1. The first kappa shape index (κ1) is 13.5. The number of carbonyl (C=O) groups excluding carboxylic acids is 1. The number of para-hydroxylation sites is 1. The van der Waals surface area contributed by atoms with Gasteiger partial charge in [0.05, 0.1) is 15.2 Å². The number of hydrogen-bond acceptors (Lipinski definition) is 3. The molecule has 0 saturated heterocycles. The summed E-state index contributed by atoms with van der Waals surface area (Å²) in [5, 5.41) is 3.90. The minimum absolute atomic E-state index is 0.0702. The minimum atomic E-state index is -0.0702. The van der Waals surface area contributed by atoms with Gasteiger partial charge in [0.25, 0.3) is 0 Å². The predicted molar refractivity (Wildman–Crippen MR) is 80.3 cm³/mol. The number of thiazole rings is 1. The topological polar surface area (TPSA) is 42.0 Å². The minimum Gasteiger partial charge on any atom is -0.352 e. The van der Waals surface area contributed by atoms with Gasteiger partial charge in [-0.15, -0.1) is 11.3 Å². The van der Waals surface area contributed by atoms with Crippen LogP contribution < -0.4 is 5.32 Å². The van der Waals surface area contributed by atoms with E-state index in [1.807, 2.05) is 37.3 Å². The van der Waals surface area contributed by atoms with Crippen LogP contribution in [0.4, 0.5) is 0 Å². The highest BCUT2D eigenvalue weighted by Crippen LogP contribution is 2.21. The maximum absolute atomic E-state index is 11.4. The summed E-state index contributed by atoms with van der Waals surface area (Å²) in [7, 11) is 0. The maximum Gasteiger partial charge on any atom is 0.243 e. The van der Waals surface area contributed by atoms with Gasteiger partial charge in [-0.25, -0.2) is 4.98 Å². The molecule has 1 N–H and O–H groups in total. The maximum atomic E-state index is 11.4. The molecule has 0 atom stereocenters. The summed E-state index contributed by atoms with van der Waals surface area (Å²) >= 11 is 1.68. The van der Waals surface area contributed by atoms with E-state index in [4.69, 9.17) is 0 Å². The summed E-state index contributed by atoms with van der Waals surface area (Å²) in [6.07, 6.45) is 7.73. The van der Waals surface area contributed by atoms with Crippen molar-refractivity contribution in [3.8, 4) is 0 Å². The van der Waals surface area contributed by atoms with E-state index in [1.165, 1.54) is 10.8 Å². The standard InChI is InChI=1S/C15H16N2OS/c1-2-3-4-9-14(18)16-11-10-15-17-12-7-5-6-8-13(12)19-15/h2-9H,10-11H2,1H3,(H,16,18)/b3-2+,9-4+. The number of allylic oxidation sites excluding steroid dienone is 3. The summed E-state index contributed by atoms with van der Waals surface area (Å²) in [6.45, 7) is 2.52. The van der Waals surface area contributed by atoms with Crippen LogP contribution in [-0.2, 0) is 11.2 Å². The molecule has 0 saturated carbocycles. The van der Waals surface area contributed by atoms with Crippen molar-refractivity contribution in [2.45, 2.75) is 13.3 Å². The molecule has 3 nitrogen and oxygen atoms in total. The molecule has 1 aromatic carbocycles. The SMILES string of the molecule is C/C=C/C=C/C(=O)NCCc1nc2ccccc2s1. The fourth-order valence-electron chi connectivity index (χ4n) is 1.63. The van der Waals surface area contributed by atoms with Gasteiger partial charge in [-0.1, -0.05) is 30.4 Å². The van der Waals surface area contributed by atoms with Gasteiger partial charge in [-0.2, -0.15) is 0 Å². The molecule has 19 heavy (non-hydrogen) atoms. The lowest BCUT2D eigenvalue weighted by molar-refractivity contribution is -0.116. The molecular formula is C15H16N2OS. The number of aromatic nitrogens is 1. The van der Waals surface area contributed by atoms with Crippen LogP contribution in [-0.4, -0.2) is 17.4 Å². The molecule has 0 bridgehead atoms. The normalized spacial score (nSPS) is 11.6. The number of hydrogen-bond donors (Lipinski definition) is 1. The molecule has 0 fully saturated rings. The highest BCUT2D eigenvalue weighted by Gasteiger charge is 2.03. The molecule has 98 valence electrons. The third-order valence-electron chi connectivity index (χ3n) is 2.53. The second-order valence-corrected chi connectivity index (χ2v) is 5.12. The van der Waals surface area contributed by atoms with Crippen molar-refractivity contribution in [1.29, 1.82) is 0 Å². The fourth-order valence-corrected chi connectivity index (χ4v) is 2.60. The second kappa shape index (κ2) is 6.85. The van der Waals surface area contributed by atoms with Crippen molar-refractivity contribution < 1.29 is 4.79 Å². The molecule has 0 aliphatic heterocycles. The van der Waals surface area contributed by atoms with Crippen LogP contribution in [0.25, 0.3) is 10.2 Å². The van der Waals surface area contributed by atoms with E-state index in [0.29, 0.717) is 6.54 Å². The summed E-state index contributed by atoms with van der Waals surface area (Å²) in [5.74, 6) is -0.0702. The molecule has 1 amide bonds. The summed E-state index contributed by atoms with van der Waals surface area (Å²) in [4.78, 5) is 16.0.